The molecule has 0 saturated carbocycles. The third-order valence-corrected chi connectivity index (χ3v) is 4.69. The van der Waals surface area contributed by atoms with Crippen LogP contribution in [0, 0.1) is 5.92 Å². The van der Waals surface area contributed by atoms with Gasteiger partial charge in [-0.3, -0.25) is 4.79 Å². The second-order valence-electron chi connectivity index (χ2n) is 6.58. The van der Waals surface area contributed by atoms with Crippen LogP contribution in [0.4, 0.5) is 0 Å². The maximum Gasteiger partial charge on any atom is 0.221 e. The first-order chi connectivity index (χ1) is 9.74. The molecule has 4 nitrogen and oxygen atoms in total. The third-order valence-electron chi connectivity index (χ3n) is 4.69. The Hall–Kier alpha value is -0.0300. The van der Waals surface area contributed by atoms with E-state index in [9.17, 15) is 4.79 Å². The molecule has 0 aromatic heterocycles. The summed E-state index contributed by atoms with van der Waals surface area (Å²) >= 11 is 0. The summed E-state index contributed by atoms with van der Waals surface area (Å²) in [6.07, 6.45) is 8.04. The van der Waals surface area contributed by atoms with E-state index in [2.05, 4.69) is 22.5 Å². The largest absolute Gasteiger partial charge is 0.356 e. The van der Waals surface area contributed by atoms with Crippen LogP contribution in [-0.2, 0) is 4.79 Å². The van der Waals surface area contributed by atoms with Crippen LogP contribution in [0.2, 0.25) is 0 Å². The molecular weight excluding hydrogens is 321 g/mol. The van der Waals surface area contributed by atoms with Gasteiger partial charge in [0.2, 0.25) is 5.91 Å². The van der Waals surface area contributed by atoms with E-state index in [4.69, 9.17) is 0 Å². The van der Waals surface area contributed by atoms with Gasteiger partial charge in [0.1, 0.15) is 0 Å². The van der Waals surface area contributed by atoms with Gasteiger partial charge >= 0.3 is 0 Å². The minimum absolute atomic E-state index is 0. The molecule has 22 heavy (non-hydrogen) atoms. The first-order valence-corrected chi connectivity index (χ1v) is 8.46. The topological polar surface area (TPSA) is 44.4 Å². The van der Waals surface area contributed by atoms with Crippen LogP contribution in [0.5, 0.6) is 0 Å². The number of amides is 1. The van der Waals surface area contributed by atoms with Gasteiger partial charge < -0.3 is 15.5 Å². The maximum absolute atomic E-state index is 11.7. The molecule has 0 radical (unpaired) electrons. The van der Waals surface area contributed by atoms with Crippen molar-refractivity contribution in [3.05, 3.63) is 0 Å². The standard InChI is InChI=1S/C16H31N3O.2ClH/c1-14-6-11-19(12-7-14)10-3-2-8-18-16(20)13-15-5-4-9-17-15;;/h14-15,17H,2-13H2,1H3,(H,18,20);2*1H. The highest BCUT2D eigenvalue weighted by Gasteiger charge is 2.17. The predicted molar refractivity (Wildman–Crippen MR) is 97.2 cm³/mol. The SMILES string of the molecule is CC1CCN(CCCCNC(=O)CC2CCCN2)CC1.Cl.Cl. The Kier molecular flexibility index (Phi) is 12.4. The zero-order valence-corrected chi connectivity index (χ0v) is 15.4. The zero-order chi connectivity index (χ0) is 14.2. The lowest BCUT2D eigenvalue weighted by Crippen LogP contribution is -2.34. The molecule has 1 unspecified atom stereocenters. The molecule has 1 amide bonds. The van der Waals surface area contributed by atoms with Crippen LogP contribution in [0.1, 0.15) is 51.9 Å². The number of hydrogen-bond acceptors (Lipinski definition) is 3. The molecule has 6 heteroatoms. The van der Waals surface area contributed by atoms with Crippen LogP contribution in [0.25, 0.3) is 0 Å². The second-order valence-corrected chi connectivity index (χ2v) is 6.58. The Labute approximate surface area is 148 Å². The molecule has 2 saturated heterocycles. The average molecular weight is 354 g/mol. The van der Waals surface area contributed by atoms with Crippen molar-refractivity contribution in [3.63, 3.8) is 0 Å². The molecule has 0 spiro atoms. The predicted octanol–water partition coefficient (Wildman–Crippen LogP) is 2.60. The van der Waals surface area contributed by atoms with Gasteiger partial charge in [-0.05, 0) is 70.6 Å². The van der Waals surface area contributed by atoms with E-state index in [1.165, 1.54) is 45.3 Å². The summed E-state index contributed by atoms with van der Waals surface area (Å²) < 4.78 is 0. The maximum atomic E-state index is 11.7. The van der Waals surface area contributed by atoms with E-state index in [1.54, 1.807) is 0 Å². The van der Waals surface area contributed by atoms with Gasteiger partial charge in [-0.15, -0.1) is 24.8 Å². The fourth-order valence-electron chi connectivity index (χ4n) is 3.20. The fraction of sp³-hybridized carbons (Fsp3) is 0.938. The van der Waals surface area contributed by atoms with Crippen molar-refractivity contribution in [1.82, 2.24) is 15.5 Å². The van der Waals surface area contributed by atoms with Crippen LogP contribution < -0.4 is 10.6 Å². The number of carbonyl (C=O) groups excluding carboxylic acids is 1. The van der Waals surface area contributed by atoms with Crippen LogP contribution in [0.15, 0.2) is 0 Å². The number of nitrogens with zero attached hydrogens (tertiary/aromatic N) is 1. The molecule has 2 heterocycles. The van der Waals surface area contributed by atoms with Gasteiger partial charge in [-0.25, -0.2) is 0 Å². The number of hydrogen-bond donors (Lipinski definition) is 2. The van der Waals surface area contributed by atoms with E-state index in [1.807, 2.05) is 0 Å². The summed E-state index contributed by atoms with van der Waals surface area (Å²) in [5.41, 5.74) is 0. The summed E-state index contributed by atoms with van der Waals surface area (Å²) in [5.74, 6) is 1.13. The third kappa shape index (κ3) is 8.56. The fourth-order valence-corrected chi connectivity index (χ4v) is 3.20. The summed E-state index contributed by atoms with van der Waals surface area (Å²) in [6.45, 7) is 8.00. The normalized spacial score (nSPS) is 22.7. The van der Waals surface area contributed by atoms with Gasteiger partial charge in [0.05, 0.1) is 0 Å². The lowest BCUT2D eigenvalue weighted by atomic mass is 9.99. The van der Waals surface area contributed by atoms with E-state index >= 15 is 0 Å². The van der Waals surface area contributed by atoms with E-state index in [0.29, 0.717) is 12.5 Å². The zero-order valence-electron chi connectivity index (χ0n) is 13.8. The van der Waals surface area contributed by atoms with E-state index in [-0.39, 0.29) is 30.7 Å². The molecule has 0 bridgehead atoms. The molecule has 2 rings (SSSR count). The number of carbonyl (C=O) groups is 1. The van der Waals surface area contributed by atoms with E-state index in [0.717, 1.165) is 31.8 Å². The number of piperidine rings is 1. The Morgan fingerprint density at radius 1 is 1.18 bits per heavy atom. The minimum atomic E-state index is 0. The van der Waals surface area contributed by atoms with Crippen molar-refractivity contribution in [2.75, 3.05) is 32.7 Å². The summed E-state index contributed by atoms with van der Waals surface area (Å²) in [7, 11) is 0. The lowest BCUT2D eigenvalue weighted by molar-refractivity contribution is -0.121. The monoisotopic (exact) mass is 353 g/mol. The summed E-state index contributed by atoms with van der Waals surface area (Å²) in [6, 6.07) is 0.422. The van der Waals surface area contributed by atoms with Crippen molar-refractivity contribution >= 4 is 30.7 Å². The van der Waals surface area contributed by atoms with Crippen molar-refractivity contribution in [1.29, 1.82) is 0 Å². The van der Waals surface area contributed by atoms with Crippen LogP contribution in [-0.4, -0.2) is 49.6 Å². The van der Waals surface area contributed by atoms with Crippen LogP contribution in [0.3, 0.4) is 0 Å². The Morgan fingerprint density at radius 3 is 2.55 bits per heavy atom. The molecule has 132 valence electrons. The highest BCUT2D eigenvalue weighted by atomic mass is 35.5. The quantitative estimate of drug-likeness (QED) is 0.691. The van der Waals surface area contributed by atoms with E-state index < -0.39 is 0 Å². The van der Waals surface area contributed by atoms with Gasteiger partial charge in [0.25, 0.3) is 0 Å². The number of likely N-dealkylation sites (tertiary alicyclic amines) is 1. The molecule has 0 aromatic carbocycles. The second kappa shape index (κ2) is 12.4. The summed E-state index contributed by atoms with van der Waals surface area (Å²) in [5, 5.41) is 6.42. The van der Waals surface area contributed by atoms with Crippen LogP contribution >= 0.6 is 24.8 Å². The first-order valence-electron chi connectivity index (χ1n) is 8.46. The van der Waals surface area contributed by atoms with Gasteiger partial charge in [-0.2, -0.15) is 0 Å². The van der Waals surface area contributed by atoms with Crippen molar-refractivity contribution in [2.24, 2.45) is 5.92 Å². The Balaban J connectivity index is 0.00000220. The Morgan fingerprint density at radius 2 is 1.91 bits per heavy atom. The van der Waals surface area contributed by atoms with Gasteiger partial charge in [0, 0.05) is 19.0 Å². The molecular formula is C16H33Cl2N3O. The highest BCUT2D eigenvalue weighted by molar-refractivity contribution is 5.85. The molecule has 0 aliphatic carbocycles. The van der Waals surface area contributed by atoms with Gasteiger partial charge in [-0.1, -0.05) is 6.92 Å². The number of unbranched alkanes of at least 4 members (excludes halogenated alkanes) is 1. The van der Waals surface area contributed by atoms with Gasteiger partial charge in [0.15, 0.2) is 0 Å². The number of nitrogens with one attached hydrogen (secondary N) is 2. The Bertz CT molecular complexity index is 291. The van der Waals surface area contributed by atoms with Crippen molar-refractivity contribution in [3.8, 4) is 0 Å². The molecule has 2 aliphatic heterocycles. The first kappa shape index (κ1) is 22.0. The molecule has 2 aliphatic rings. The number of halogens is 2. The van der Waals surface area contributed by atoms with Crippen molar-refractivity contribution in [2.45, 2.75) is 57.9 Å². The molecule has 0 aromatic rings. The minimum Gasteiger partial charge on any atom is -0.356 e. The molecule has 1 atom stereocenters. The highest BCUT2D eigenvalue weighted by Crippen LogP contribution is 2.16. The average Bonchev–Trinajstić information content (AvgIpc) is 2.93. The molecule has 2 fully saturated rings. The summed E-state index contributed by atoms with van der Waals surface area (Å²) in [4.78, 5) is 14.3. The number of rotatable bonds is 7. The van der Waals surface area contributed by atoms with Crippen molar-refractivity contribution < 1.29 is 4.79 Å². The smallest absolute Gasteiger partial charge is 0.221 e. The lowest BCUT2D eigenvalue weighted by Gasteiger charge is -2.30. The molecule has 2 N–H and O–H groups in total.